The molecule has 1 amide bonds. The predicted molar refractivity (Wildman–Crippen MR) is 101 cm³/mol. The van der Waals surface area contributed by atoms with Gasteiger partial charge in [-0.15, -0.1) is 0 Å². The average molecular weight is 373 g/mol. The Hall–Kier alpha value is -2.63. The molecule has 0 saturated heterocycles. The fourth-order valence-corrected chi connectivity index (χ4v) is 2.60. The summed E-state index contributed by atoms with van der Waals surface area (Å²) in [5, 5.41) is 6.44. The number of carbonyl (C=O) groups is 1. The van der Waals surface area contributed by atoms with Crippen LogP contribution >= 0.6 is 23.2 Å². The molecule has 3 aromatic rings. The molecular formula is C18H14Cl2N4O. The molecule has 0 atom stereocenters. The molecule has 0 unspecified atom stereocenters. The number of anilines is 3. The smallest absolute Gasteiger partial charge is 0.274 e. The zero-order valence-electron chi connectivity index (χ0n) is 13.3. The number of para-hydroxylation sites is 1. The van der Waals surface area contributed by atoms with Crippen molar-refractivity contribution in [1.29, 1.82) is 0 Å². The highest BCUT2D eigenvalue weighted by Crippen LogP contribution is 2.30. The maximum absolute atomic E-state index is 12.4. The molecule has 7 heteroatoms. The monoisotopic (exact) mass is 372 g/mol. The summed E-state index contributed by atoms with van der Waals surface area (Å²) in [5.74, 6) is -0.105. The third-order valence-corrected chi connectivity index (χ3v) is 4.03. The number of rotatable bonds is 4. The maximum Gasteiger partial charge on any atom is 0.274 e. The third-order valence-electron chi connectivity index (χ3n) is 3.40. The van der Waals surface area contributed by atoms with E-state index in [0.29, 0.717) is 21.7 Å². The molecule has 25 heavy (non-hydrogen) atoms. The summed E-state index contributed by atoms with van der Waals surface area (Å²) in [6, 6.07) is 14.3. The van der Waals surface area contributed by atoms with Crippen LogP contribution in [0.15, 0.2) is 54.7 Å². The minimum absolute atomic E-state index is 0.195. The lowest BCUT2D eigenvalue weighted by Crippen LogP contribution is -2.15. The Balaban J connectivity index is 1.78. The van der Waals surface area contributed by atoms with Gasteiger partial charge in [0.2, 0.25) is 5.95 Å². The largest absolute Gasteiger partial charge is 0.324 e. The topological polar surface area (TPSA) is 66.9 Å². The van der Waals surface area contributed by atoms with E-state index in [4.69, 9.17) is 23.2 Å². The van der Waals surface area contributed by atoms with Crippen molar-refractivity contribution in [2.75, 3.05) is 10.6 Å². The van der Waals surface area contributed by atoms with Gasteiger partial charge in [0.05, 0.1) is 15.7 Å². The van der Waals surface area contributed by atoms with Gasteiger partial charge in [-0.05, 0) is 37.3 Å². The van der Waals surface area contributed by atoms with Crippen molar-refractivity contribution in [2.45, 2.75) is 6.92 Å². The maximum atomic E-state index is 12.4. The molecule has 0 bridgehead atoms. The molecule has 0 fully saturated rings. The van der Waals surface area contributed by atoms with Gasteiger partial charge in [0.25, 0.3) is 5.91 Å². The first-order valence-corrected chi connectivity index (χ1v) is 8.20. The summed E-state index contributed by atoms with van der Waals surface area (Å²) in [6.07, 6.45) is 1.51. The van der Waals surface area contributed by atoms with Gasteiger partial charge in [0.1, 0.15) is 5.69 Å². The van der Waals surface area contributed by atoms with Crippen molar-refractivity contribution in [1.82, 2.24) is 9.97 Å². The fraction of sp³-hybridized carbons (Fsp3) is 0.0556. The molecule has 0 aliphatic heterocycles. The Bertz CT molecular complexity index is 893. The molecule has 2 aromatic carbocycles. The van der Waals surface area contributed by atoms with Crippen LogP contribution in [-0.2, 0) is 0 Å². The normalized spacial score (nSPS) is 10.4. The highest BCUT2D eigenvalue weighted by Gasteiger charge is 2.13. The zero-order valence-corrected chi connectivity index (χ0v) is 14.8. The van der Waals surface area contributed by atoms with Crippen molar-refractivity contribution in [2.24, 2.45) is 0 Å². The number of halogens is 2. The number of benzene rings is 2. The molecule has 0 radical (unpaired) electrons. The first-order chi connectivity index (χ1) is 12.0. The van der Waals surface area contributed by atoms with E-state index in [2.05, 4.69) is 20.6 Å². The summed E-state index contributed by atoms with van der Waals surface area (Å²) >= 11 is 12.1. The molecule has 126 valence electrons. The van der Waals surface area contributed by atoms with Crippen molar-refractivity contribution < 1.29 is 4.79 Å². The molecule has 0 aliphatic carbocycles. The van der Waals surface area contributed by atoms with E-state index in [-0.39, 0.29) is 5.69 Å². The average Bonchev–Trinajstić information content (AvgIpc) is 2.60. The third kappa shape index (κ3) is 4.26. The molecule has 0 spiro atoms. The van der Waals surface area contributed by atoms with Gasteiger partial charge in [0.15, 0.2) is 0 Å². The Labute approximate surface area is 155 Å². The van der Waals surface area contributed by atoms with Crippen LogP contribution in [0.3, 0.4) is 0 Å². The molecule has 1 heterocycles. The van der Waals surface area contributed by atoms with E-state index in [9.17, 15) is 4.79 Å². The first-order valence-electron chi connectivity index (χ1n) is 7.45. The van der Waals surface area contributed by atoms with Gasteiger partial charge in [0, 0.05) is 11.9 Å². The highest BCUT2D eigenvalue weighted by molar-refractivity contribution is 6.40. The van der Waals surface area contributed by atoms with E-state index in [1.165, 1.54) is 12.3 Å². The lowest BCUT2D eigenvalue weighted by Gasteiger charge is -2.10. The number of hydrogen-bond acceptors (Lipinski definition) is 4. The first kappa shape index (κ1) is 17.2. The van der Waals surface area contributed by atoms with Crippen LogP contribution in [0.5, 0.6) is 0 Å². The number of aryl methyl sites for hydroxylation is 1. The Morgan fingerprint density at radius 1 is 1.00 bits per heavy atom. The number of amides is 1. The summed E-state index contributed by atoms with van der Waals surface area (Å²) < 4.78 is 0. The molecule has 2 N–H and O–H groups in total. The molecule has 5 nitrogen and oxygen atoms in total. The van der Waals surface area contributed by atoms with Crippen LogP contribution in [0, 0.1) is 6.92 Å². The molecule has 1 aromatic heterocycles. The van der Waals surface area contributed by atoms with Gasteiger partial charge >= 0.3 is 0 Å². The van der Waals surface area contributed by atoms with Gasteiger partial charge in [-0.25, -0.2) is 9.97 Å². The van der Waals surface area contributed by atoms with Crippen molar-refractivity contribution in [3.8, 4) is 0 Å². The number of nitrogens with zero attached hydrogens (tertiary/aromatic N) is 2. The standard InChI is InChI=1S/C18H14Cl2N4O/c1-11-5-7-12(8-6-11)22-18-21-10-9-15(23-18)17(25)24-16-13(19)3-2-4-14(16)20/h2-10H,1H3,(H,24,25)(H,21,22,23). The Morgan fingerprint density at radius 2 is 1.68 bits per heavy atom. The van der Waals surface area contributed by atoms with E-state index in [0.717, 1.165) is 11.3 Å². The van der Waals surface area contributed by atoms with E-state index >= 15 is 0 Å². The van der Waals surface area contributed by atoms with E-state index in [1.54, 1.807) is 18.2 Å². The van der Waals surface area contributed by atoms with Gasteiger partial charge in [-0.2, -0.15) is 0 Å². The van der Waals surface area contributed by atoms with Crippen LogP contribution in [0.2, 0.25) is 10.0 Å². The van der Waals surface area contributed by atoms with Crippen molar-refractivity contribution in [3.05, 3.63) is 76.0 Å². The molecule has 3 rings (SSSR count). The number of nitrogens with one attached hydrogen (secondary N) is 2. The van der Waals surface area contributed by atoms with Gasteiger partial charge < -0.3 is 10.6 Å². The zero-order chi connectivity index (χ0) is 17.8. The molecule has 0 aliphatic rings. The SMILES string of the molecule is Cc1ccc(Nc2nccc(C(=O)Nc3c(Cl)cccc3Cl)n2)cc1. The summed E-state index contributed by atoms with van der Waals surface area (Å²) in [6.45, 7) is 2.01. The van der Waals surface area contributed by atoms with Crippen LogP contribution in [-0.4, -0.2) is 15.9 Å². The second-order valence-corrected chi connectivity index (χ2v) is 6.12. The highest BCUT2D eigenvalue weighted by atomic mass is 35.5. The summed E-state index contributed by atoms with van der Waals surface area (Å²) in [5.41, 5.74) is 2.52. The summed E-state index contributed by atoms with van der Waals surface area (Å²) in [4.78, 5) is 20.8. The second-order valence-electron chi connectivity index (χ2n) is 5.31. The van der Waals surface area contributed by atoms with E-state index in [1.807, 2.05) is 31.2 Å². The van der Waals surface area contributed by atoms with Crippen LogP contribution in [0.4, 0.5) is 17.3 Å². The number of carbonyl (C=O) groups excluding carboxylic acids is 1. The lowest BCUT2D eigenvalue weighted by atomic mass is 10.2. The summed E-state index contributed by atoms with van der Waals surface area (Å²) in [7, 11) is 0. The Kier molecular flexibility index (Phi) is 5.16. The van der Waals surface area contributed by atoms with Crippen molar-refractivity contribution in [3.63, 3.8) is 0 Å². The second kappa shape index (κ2) is 7.51. The molecular weight excluding hydrogens is 359 g/mol. The minimum Gasteiger partial charge on any atom is -0.324 e. The van der Waals surface area contributed by atoms with Crippen LogP contribution < -0.4 is 10.6 Å². The quantitative estimate of drug-likeness (QED) is 0.669. The van der Waals surface area contributed by atoms with Gasteiger partial charge in [-0.3, -0.25) is 4.79 Å². The van der Waals surface area contributed by atoms with Crippen LogP contribution in [0.1, 0.15) is 16.1 Å². The van der Waals surface area contributed by atoms with Crippen molar-refractivity contribution >= 4 is 46.4 Å². The molecule has 0 saturated carbocycles. The van der Waals surface area contributed by atoms with Crippen LogP contribution in [0.25, 0.3) is 0 Å². The van der Waals surface area contributed by atoms with E-state index < -0.39 is 5.91 Å². The predicted octanol–water partition coefficient (Wildman–Crippen LogP) is 5.09. The Morgan fingerprint density at radius 3 is 2.36 bits per heavy atom. The fourth-order valence-electron chi connectivity index (χ4n) is 2.11. The number of aromatic nitrogens is 2. The van der Waals surface area contributed by atoms with Gasteiger partial charge in [-0.1, -0.05) is 47.0 Å². The minimum atomic E-state index is -0.427. The lowest BCUT2D eigenvalue weighted by molar-refractivity contribution is 0.102. The number of hydrogen-bond donors (Lipinski definition) is 2.